The van der Waals surface area contributed by atoms with Gasteiger partial charge < -0.3 is 10.6 Å². The lowest BCUT2D eigenvalue weighted by atomic mass is 10.1. The number of rotatable bonds is 10. The number of benzene rings is 1. The zero-order valence-corrected chi connectivity index (χ0v) is 12.3. The molecule has 0 spiro atoms. The third kappa shape index (κ3) is 7.89. The molecule has 3 nitrogen and oxygen atoms in total. The maximum atomic E-state index is 12.9. The van der Waals surface area contributed by atoms with Crippen molar-refractivity contribution in [2.24, 2.45) is 0 Å². The zero-order chi connectivity index (χ0) is 14.6. The van der Waals surface area contributed by atoms with E-state index in [0.717, 1.165) is 13.0 Å². The van der Waals surface area contributed by atoms with Crippen molar-refractivity contribution in [3.63, 3.8) is 0 Å². The molecule has 1 amide bonds. The van der Waals surface area contributed by atoms with Gasteiger partial charge in [0.1, 0.15) is 5.82 Å². The second kappa shape index (κ2) is 10.4. The predicted molar refractivity (Wildman–Crippen MR) is 81.3 cm³/mol. The Hall–Kier alpha value is -1.42. The highest BCUT2D eigenvalue weighted by atomic mass is 19.1. The second-order valence-electron chi connectivity index (χ2n) is 5.00. The Labute approximate surface area is 121 Å². The van der Waals surface area contributed by atoms with E-state index in [0.29, 0.717) is 5.69 Å². The van der Waals surface area contributed by atoms with Gasteiger partial charge >= 0.3 is 0 Å². The van der Waals surface area contributed by atoms with Crippen LogP contribution in [-0.4, -0.2) is 19.0 Å². The molecular weight excluding hydrogens is 255 g/mol. The van der Waals surface area contributed by atoms with E-state index in [9.17, 15) is 9.18 Å². The molecule has 0 fully saturated rings. The molecule has 0 unspecified atom stereocenters. The fourth-order valence-electron chi connectivity index (χ4n) is 2.00. The van der Waals surface area contributed by atoms with Crippen LogP contribution in [0.1, 0.15) is 45.4 Å². The van der Waals surface area contributed by atoms with Crippen LogP contribution in [-0.2, 0) is 4.79 Å². The molecule has 0 saturated carbocycles. The maximum absolute atomic E-state index is 12.9. The molecule has 0 aliphatic carbocycles. The quantitative estimate of drug-likeness (QED) is 0.641. The third-order valence-corrected chi connectivity index (χ3v) is 3.10. The first-order valence-electron chi connectivity index (χ1n) is 7.48. The summed E-state index contributed by atoms with van der Waals surface area (Å²) in [7, 11) is 0. The lowest BCUT2D eigenvalue weighted by Gasteiger charge is -2.07. The van der Waals surface area contributed by atoms with Crippen molar-refractivity contribution in [2.75, 3.05) is 18.4 Å². The molecule has 0 atom stereocenters. The molecule has 0 radical (unpaired) electrons. The summed E-state index contributed by atoms with van der Waals surface area (Å²) in [5.41, 5.74) is 0.497. The number of amides is 1. The fraction of sp³-hybridized carbons (Fsp3) is 0.562. The number of nitrogens with one attached hydrogen (secondary N) is 2. The van der Waals surface area contributed by atoms with Crippen LogP contribution in [0.3, 0.4) is 0 Å². The van der Waals surface area contributed by atoms with Crippen LogP contribution in [0, 0.1) is 5.82 Å². The highest BCUT2D eigenvalue weighted by Crippen LogP contribution is 2.08. The predicted octanol–water partition coefficient (Wildman–Crippen LogP) is 3.71. The average molecular weight is 280 g/mol. The van der Waals surface area contributed by atoms with Crippen LogP contribution in [0.5, 0.6) is 0 Å². The van der Waals surface area contributed by atoms with Crippen LogP contribution < -0.4 is 10.6 Å². The van der Waals surface area contributed by atoms with Gasteiger partial charge in [0.25, 0.3) is 0 Å². The molecule has 0 bridgehead atoms. The Morgan fingerprint density at radius 2 is 1.90 bits per heavy atom. The maximum Gasteiger partial charge on any atom is 0.238 e. The first-order chi connectivity index (χ1) is 9.72. The minimum Gasteiger partial charge on any atom is -0.325 e. The van der Waals surface area contributed by atoms with Crippen molar-refractivity contribution in [1.29, 1.82) is 0 Å². The summed E-state index contributed by atoms with van der Waals surface area (Å²) in [6.45, 7) is 3.33. The number of hydrogen-bond acceptors (Lipinski definition) is 2. The molecule has 0 heterocycles. The van der Waals surface area contributed by atoms with Crippen molar-refractivity contribution >= 4 is 11.6 Å². The van der Waals surface area contributed by atoms with E-state index in [-0.39, 0.29) is 18.3 Å². The van der Waals surface area contributed by atoms with E-state index in [2.05, 4.69) is 17.6 Å². The Balaban J connectivity index is 2.03. The van der Waals surface area contributed by atoms with Crippen molar-refractivity contribution in [3.8, 4) is 0 Å². The number of unbranched alkanes of at least 4 members (excludes halogenated alkanes) is 5. The summed E-state index contributed by atoms with van der Waals surface area (Å²) in [5.74, 6) is -0.482. The Kier molecular flexibility index (Phi) is 8.63. The van der Waals surface area contributed by atoms with Gasteiger partial charge in [-0.05, 0) is 31.2 Å². The minimum atomic E-state index is -0.345. The summed E-state index contributed by atoms with van der Waals surface area (Å²) < 4.78 is 12.9. The molecule has 0 aliphatic heterocycles. The lowest BCUT2D eigenvalue weighted by molar-refractivity contribution is -0.115. The van der Waals surface area contributed by atoms with Gasteiger partial charge in [-0.1, -0.05) is 45.1 Å². The van der Waals surface area contributed by atoms with Gasteiger partial charge in [-0.15, -0.1) is 0 Å². The van der Waals surface area contributed by atoms with Crippen LogP contribution >= 0.6 is 0 Å². The fourth-order valence-corrected chi connectivity index (χ4v) is 2.00. The highest BCUT2D eigenvalue weighted by Gasteiger charge is 2.02. The van der Waals surface area contributed by atoms with E-state index < -0.39 is 0 Å². The van der Waals surface area contributed by atoms with E-state index in [1.54, 1.807) is 12.1 Å². The molecule has 0 aromatic heterocycles. The first-order valence-corrected chi connectivity index (χ1v) is 7.48. The van der Waals surface area contributed by atoms with Crippen LogP contribution in [0.25, 0.3) is 0 Å². The lowest BCUT2D eigenvalue weighted by Crippen LogP contribution is -2.28. The molecule has 20 heavy (non-hydrogen) atoms. The monoisotopic (exact) mass is 280 g/mol. The zero-order valence-electron chi connectivity index (χ0n) is 12.3. The molecule has 1 aromatic carbocycles. The van der Waals surface area contributed by atoms with Crippen LogP contribution in [0.4, 0.5) is 10.1 Å². The average Bonchev–Trinajstić information content (AvgIpc) is 2.42. The van der Waals surface area contributed by atoms with Crippen molar-refractivity contribution in [3.05, 3.63) is 30.1 Å². The van der Waals surface area contributed by atoms with Gasteiger partial charge in [-0.25, -0.2) is 4.39 Å². The Bertz CT molecular complexity index is 396. The molecule has 1 aromatic rings. The number of carbonyl (C=O) groups is 1. The van der Waals surface area contributed by atoms with Crippen molar-refractivity contribution in [1.82, 2.24) is 5.32 Å². The van der Waals surface area contributed by atoms with E-state index in [4.69, 9.17) is 0 Å². The molecule has 0 aliphatic rings. The number of halogens is 1. The van der Waals surface area contributed by atoms with Gasteiger partial charge in [0.05, 0.1) is 6.54 Å². The number of carbonyl (C=O) groups excluding carboxylic acids is 1. The van der Waals surface area contributed by atoms with E-state index in [1.807, 2.05) is 0 Å². The largest absolute Gasteiger partial charge is 0.325 e. The highest BCUT2D eigenvalue weighted by molar-refractivity contribution is 5.92. The van der Waals surface area contributed by atoms with Gasteiger partial charge in [-0.2, -0.15) is 0 Å². The van der Waals surface area contributed by atoms with Gasteiger partial charge in [-0.3, -0.25) is 4.79 Å². The molecule has 0 saturated heterocycles. The molecular formula is C16H25FN2O. The second-order valence-corrected chi connectivity index (χ2v) is 5.00. The number of hydrogen-bond donors (Lipinski definition) is 2. The van der Waals surface area contributed by atoms with E-state index in [1.165, 1.54) is 44.2 Å². The SMILES string of the molecule is CCCCCCCCNCC(=O)Nc1cccc(F)c1. The van der Waals surface area contributed by atoms with Gasteiger partial charge in [0, 0.05) is 5.69 Å². The topological polar surface area (TPSA) is 41.1 Å². The molecule has 1 rings (SSSR count). The van der Waals surface area contributed by atoms with Gasteiger partial charge in [0.2, 0.25) is 5.91 Å². The molecule has 4 heteroatoms. The Morgan fingerprint density at radius 1 is 1.15 bits per heavy atom. The number of anilines is 1. The molecule has 112 valence electrons. The van der Waals surface area contributed by atoms with Crippen LogP contribution in [0.2, 0.25) is 0 Å². The third-order valence-electron chi connectivity index (χ3n) is 3.10. The standard InChI is InChI=1S/C16H25FN2O/c1-2-3-4-5-6-7-11-18-13-16(20)19-15-10-8-9-14(17)12-15/h8-10,12,18H,2-7,11,13H2,1H3,(H,19,20). The smallest absolute Gasteiger partial charge is 0.238 e. The van der Waals surface area contributed by atoms with Crippen molar-refractivity contribution < 1.29 is 9.18 Å². The van der Waals surface area contributed by atoms with Crippen molar-refractivity contribution in [2.45, 2.75) is 45.4 Å². The van der Waals surface area contributed by atoms with E-state index >= 15 is 0 Å². The summed E-state index contributed by atoms with van der Waals surface area (Å²) in [6.07, 6.45) is 7.44. The minimum absolute atomic E-state index is 0.137. The van der Waals surface area contributed by atoms with Crippen LogP contribution in [0.15, 0.2) is 24.3 Å². The summed E-state index contributed by atoms with van der Waals surface area (Å²) in [6, 6.07) is 5.92. The summed E-state index contributed by atoms with van der Waals surface area (Å²) >= 11 is 0. The molecule has 2 N–H and O–H groups in total. The first kappa shape index (κ1) is 16.6. The summed E-state index contributed by atoms with van der Waals surface area (Å²) in [4.78, 5) is 11.6. The Morgan fingerprint density at radius 3 is 2.65 bits per heavy atom. The normalized spacial score (nSPS) is 10.5. The summed E-state index contributed by atoms with van der Waals surface area (Å²) in [5, 5.41) is 5.77. The van der Waals surface area contributed by atoms with Gasteiger partial charge in [0.15, 0.2) is 0 Å².